The molecule has 0 radical (unpaired) electrons. The molecule has 0 spiro atoms. The number of likely N-dealkylation sites (N-methyl/N-ethyl adjacent to an activating group) is 1. The molecule has 0 amide bonds. The fraction of sp³-hybridized carbons (Fsp3) is 0.647. The number of ether oxygens (including phenoxy) is 1. The van der Waals surface area contributed by atoms with Gasteiger partial charge in [-0.1, -0.05) is 52.8 Å². The Labute approximate surface area is 118 Å². The van der Waals surface area contributed by atoms with Gasteiger partial charge >= 0.3 is 0 Å². The van der Waals surface area contributed by atoms with E-state index in [1.54, 1.807) is 0 Å². The highest BCUT2D eigenvalue weighted by Gasteiger charge is 2.24. The van der Waals surface area contributed by atoms with Crippen molar-refractivity contribution in [3.63, 3.8) is 0 Å². The smallest absolute Gasteiger partial charge is 0.122 e. The molecule has 2 nitrogen and oxygen atoms in total. The van der Waals surface area contributed by atoms with Gasteiger partial charge in [0.1, 0.15) is 12.4 Å². The zero-order chi connectivity index (χ0) is 14.5. The van der Waals surface area contributed by atoms with Crippen molar-refractivity contribution < 1.29 is 4.74 Å². The maximum Gasteiger partial charge on any atom is 0.122 e. The Morgan fingerprint density at radius 3 is 2.37 bits per heavy atom. The molecule has 1 N–H and O–H groups in total. The van der Waals surface area contributed by atoms with E-state index in [-0.39, 0.29) is 5.41 Å². The second-order valence-electron chi connectivity index (χ2n) is 6.37. The molecular formula is C17H29NO. The van der Waals surface area contributed by atoms with Gasteiger partial charge in [-0.05, 0) is 36.4 Å². The predicted molar refractivity (Wildman–Crippen MR) is 82.9 cm³/mol. The highest BCUT2D eigenvalue weighted by atomic mass is 16.5. The van der Waals surface area contributed by atoms with E-state index in [4.69, 9.17) is 4.74 Å². The standard InChI is InChI=1S/C17H29NO/c1-7-13(2)14-10-8-9-11-15(14)19-12-16(18-6)17(3,4)5/h8-11,13,16,18H,7,12H2,1-6H3. The van der Waals surface area contributed by atoms with E-state index in [0.717, 1.165) is 12.2 Å². The van der Waals surface area contributed by atoms with Gasteiger partial charge in [0.2, 0.25) is 0 Å². The average molecular weight is 263 g/mol. The molecular weight excluding hydrogens is 234 g/mol. The second-order valence-corrected chi connectivity index (χ2v) is 6.37. The molecule has 1 rings (SSSR count). The van der Waals surface area contributed by atoms with Gasteiger partial charge in [0.05, 0.1) is 0 Å². The Hall–Kier alpha value is -1.02. The van der Waals surface area contributed by atoms with E-state index < -0.39 is 0 Å². The highest BCUT2D eigenvalue weighted by Crippen LogP contribution is 2.29. The fourth-order valence-corrected chi connectivity index (χ4v) is 2.18. The van der Waals surface area contributed by atoms with E-state index in [0.29, 0.717) is 18.6 Å². The molecule has 2 atom stereocenters. The van der Waals surface area contributed by atoms with Crippen molar-refractivity contribution in [1.29, 1.82) is 0 Å². The Bertz CT molecular complexity index is 381. The minimum absolute atomic E-state index is 0.195. The van der Waals surface area contributed by atoms with E-state index >= 15 is 0 Å². The predicted octanol–water partition coefficient (Wildman–Crippen LogP) is 4.21. The van der Waals surface area contributed by atoms with Crippen LogP contribution in [0.4, 0.5) is 0 Å². The van der Waals surface area contributed by atoms with Crippen LogP contribution in [-0.4, -0.2) is 19.7 Å². The summed E-state index contributed by atoms with van der Waals surface area (Å²) in [6, 6.07) is 8.74. The normalized spacial score (nSPS) is 15.1. The van der Waals surface area contributed by atoms with E-state index in [1.165, 1.54) is 5.56 Å². The lowest BCUT2D eigenvalue weighted by molar-refractivity contribution is 0.180. The summed E-state index contributed by atoms with van der Waals surface area (Å²) in [5, 5.41) is 3.35. The maximum atomic E-state index is 6.08. The van der Waals surface area contributed by atoms with E-state index in [1.807, 2.05) is 13.1 Å². The second kappa shape index (κ2) is 6.95. The van der Waals surface area contributed by atoms with Crippen molar-refractivity contribution in [2.75, 3.05) is 13.7 Å². The molecule has 19 heavy (non-hydrogen) atoms. The van der Waals surface area contributed by atoms with Crippen molar-refractivity contribution >= 4 is 0 Å². The summed E-state index contributed by atoms with van der Waals surface area (Å²) in [5.74, 6) is 1.57. The number of hydrogen-bond donors (Lipinski definition) is 1. The van der Waals surface area contributed by atoms with Crippen LogP contribution in [0.3, 0.4) is 0 Å². The van der Waals surface area contributed by atoms with Gasteiger partial charge in [0.15, 0.2) is 0 Å². The van der Waals surface area contributed by atoms with Crippen molar-refractivity contribution in [2.45, 2.75) is 53.0 Å². The van der Waals surface area contributed by atoms with Crippen molar-refractivity contribution in [1.82, 2.24) is 5.32 Å². The third-order valence-electron chi connectivity index (χ3n) is 3.86. The number of rotatable bonds is 6. The quantitative estimate of drug-likeness (QED) is 0.830. The van der Waals surface area contributed by atoms with Gasteiger partial charge in [0.25, 0.3) is 0 Å². The Balaban J connectivity index is 2.77. The zero-order valence-electron chi connectivity index (χ0n) is 13.3. The minimum Gasteiger partial charge on any atom is -0.492 e. The molecule has 0 saturated carbocycles. The van der Waals surface area contributed by atoms with Gasteiger partial charge in [-0.3, -0.25) is 0 Å². The number of benzene rings is 1. The van der Waals surface area contributed by atoms with Gasteiger partial charge < -0.3 is 10.1 Å². The molecule has 0 heterocycles. The van der Waals surface area contributed by atoms with Crippen LogP contribution in [0.2, 0.25) is 0 Å². The molecule has 0 saturated heterocycles. The SMILES string of the molecule is CCC(C)c1ccccc1OCC(NC)C(C)(C)C. The summed E-state index contributed by atoms with van der Waals surface area (Å²) in [7, 11) is 2.00. The molecule has 2 heteroatoms. The lowest BCUT2D eigenvalue weighted by atomic mass is 9.87. The molecule has 0 aliphatic rings. The summed E-state index contributed by atoms with van der Waals surface area (Å²) in [5.41, 5.74) is 1.51. The fourth-order valence-electron chi connectivity index (χ4n) is 2.18. The number of nitrogens with one attached hydrogen (secondary N) is 1. The molecule has 0 aromatic heterocycles. The summed E-state index contributed by atoms with van der Waals surface area (Å²) in [6.45, 7) is 11.9. The summed E-state index contributed by atoms with van der Waals surface area (Å²) >= 11 is 0. The molecule has 108 valence electrons. The largest absolute Gasteiger partial charge is 0.492 e. The topological polar surface area (TPSA) is 21.3 Å². The lowest BCUT2D eigenvalue weighted by Crippen LogP contribution is -2.42. The Morgan fingerprint density at radius 1 is 1.21 bits per heavy atom. The maximum absolute atomic E-state index is 6.08. The van der Waals surface area contributed by atoms with Crippen LogP contribution in [0.25, 0.3) is 0 Å². The van der Waals surface area contributed by atoms with Crippen LogP contribution < -0.4 is 10.1 Å². The molecule has 0 fully saturated rings. The van der Waals surface area contributed by atoms with Crippen LogP contribution in [0, 0.1) is 5.41 Å². The van der Waals surface area contributed by atoms with Gasteiger partial charge in [-0.2, -0.15) is 0 Å². The minimum atomic E-state index is 0.195. The molecule has 1 aromatic carbocycles. The van der Waals surface area contributed by atoms with Crippen LogP contribution in [-0.2, 0) is 0 Å². The first-order valence-electron chi connectivity index (χ1n) is 7.29. The van der Waals surface area contributed by atoms with Crippen LogP contribution in [0.15, 0.2) is 24.3 Å². The third kappa shape index (κ3) is 4.54. The van der Waals surface area contributed by atoms with E-state index in [2.05, 4.69) is 58.1 Å². The summed E-state index contributed by atoms with van der Waals surface area (Å²) < 4.78 is 6.08. The summed E-state index contributed by atoms with van der Waals surface area (Å²) in [6.07, 6.45) is 1.13. The first-order valence-corrected chi connectivity index (χ1v) is 7.29. The molecule has 2 unspecified atom stereocenters. The number of para-hydroxylation sites is 1. The first-order chi connectivity index (χ1) is 8.90. The van der Waals surface area contributed by atoms with Crippen molar-refractivity contribution in [2.24, 2.45) is 5.41 Å². The van der Waals surface area contributed by atoms with Gasteiger partial charge in [0, 0.05) is 6.04 Å². The first kappa shape index (κ1) is 16.0. The average Bonchev–Trinajstić information content (AvgIpc) is 2.37. The summed E-state index contributed by atoms with van der Waals surface area (Å²) in [4.78, 5) is 0. The van der Waals surface area contributed by atoms with Crippen molar-refractivity contribution in [3.8, 4) is 5.75 Å². The van der Waals surface area contributed by atoms with E-state index in [9.17, 15) is 0 Å². The lowest BCUT2D eigenvalue weighted by Gasteiger charge is -2.30. The van der Waals surface area contributed by atoms with Crippen LogP contribution in [0.5, 0.6) is 5.75 Å². The Kier molecular flexibility index (Phi) is 5.86. The highest BCUT2D eigenvalue weighted by molar-refractivity contribution is 5.35. The Morgan fingerprint density at radius 2 is 1.84 bits per heavy atom. The van der Waals surface area contributed by atoms with Gasteiger partial charge in [-0.25, -0.2) is 0 Å². The van der Waals surface area contributed by atoms with Crippen LogP contribution in [0.1, 0.15) is 52.5 Å². The monoisotopic (exact) mass is 263 g/mol. The molecule has 1 aromatic rings. The zero-order valence-corrected chi connectivity index (χ0v) is 13.3. The van der Waals surface area contributed by atoms with Crippen LogP contribution >= 0.6 is 0 Å². The molecule has 0 aliphatic heterocycles. The van der Waals surface area contributed by atoms with Gasteiger partial charge in [-0.15, -0.1) is 0 Å². The van der Waals surface area contributed by atoms with Crippen molar-refractivity contribution in [3.05, 3.63) is 29.8 Å². The third-order valence-corrected chi connectivity index (χ3v) is 3.86. The number of hydrogen-bond acceptors (Lipinski definition) is 2. The molecule has 0 aliphatic carbocycles. The molecule has 0 bridgehead atoms.